The fourth-order valence-corrected chi connectivity index (χ4v) is 2.00. The van der Waals surface area contributed by atoms with Crippen LogP contribution >= 0.6 is 0 Å². The van der Waals surface area contributed by atoms with Crippen LogP contribution in [0.25, 0.3) is 0 Å². The van der Waals surface area contributed by atoms with Gasteiger partial charge in [0.1, 0.15) is 0 Å². The molecule has 0 saturated carbocycles. The molecule has 0 fully saturated rings. The molecule has 0 unspecified atom stereocenters. The highest BCUT2D eigenvalue weighted by Gasteiger charge is 2.12. The third-order valence-corrected chi connectivity index (χ3v) is 3.01. The van der Waals surface area contributed by atoms with E-state index in [1.54, 1.807) is 31.2 Å². The SMILES string of the molecule is CCOC(=O)c1ccccc1Cc1c[c]c(C(=O)O)cc1. The predicted molar refractivity (Wildman–Crippen MR) is 77.4 cm³/mol. The van der Waals surface area contributed by atoms with Gasteiger partial charge in [0, 0.05) is 0 Å². The van der Waals surface area contributed by atoms with Crippen LogP contribution in [0.2, 0.25) is 0 Å². The van der Waals surface area contributed by atoms with Gasteiger partial charge in [-0.2, -0.15) is 0 Å². The van der Waals surface area contributed by atoms with Crippen LogP contribution in [0.4, 0.5) is 0 Å². The summed E-state index contributed by atoms with van der Waals surface area (Å²) in [6.45, 7) is 2.09. The molecule has 21 heavy (non-hydrogen) atoms. The Balaban J connectivity index is 2.23. The molecule has 1 radical (unpaired) electrons. The topological polar surface area (TPSA) is 63.6 Å². The van der Waals surface area contributed by atoms with Crippen LogP contribution in [-0.4, -0.2) is 23.7 Å². The second-order valence-corrected chi connectivity index (χ2v) is 4.47. The molecule has 1 N–H and O–H groups in total. The summed E-state index contributed by atoms with van der Waals surface area (Å²) < 4.78 is 5.03. The van der Waals surface area contributed by atoms with Crippen LogP contribution in [0.15, 0.2) is 42.5 Å². The first kappa shape index (κ1) is 14.8. The first-order chi connectivity index (χ1) is 10.1. The third kappa shape index (κ3) is 3.69. The molecule has 4 heteroatoms. The van der Waals surface area contributed by atoms with Crippen molar-refractivity contribution in [1.82, 2.24) is 0 Å². The van der Waals surface area contributed by atoms with Gasteiger partial charge in [-0.3, -0.25) is 0 Å². The zero-order chi connectivity index (χ0) is 15.2. The molecule has 0 aromatic heterocycles. The Morgan fingerprint density at radius 3 is 2.57 bits per heavy atom. The van der Waals surface area contributed by atoms with E-state index in [4.69, 9.17) is 9.84 Å². The lowest BCUT2D eigenvalue weighted by Gasteiger charge is -2.09. The molecule has 0 bridgehead atoms. The number of carbonyl (C=O) groups excluding carboxylic acids is 1. The number of carboxylic acids is 1. The highest BCUT2D eigenvalue weighted by Crippen LogP contribution is 2.16. The minimum atomic E-state index is -1.01. The summed E-state index contributed by atoms with van der Waals surface area (Å²) in [6, 6.07) is 14.8. The van der Waals surface area contributed by atoms with Gasteiger partial charge in [0.05, 0.1) is 17.7 Å². The summed E-state index contributed by atoms with van der Waals surface area (Å²) >= 11 is 0. The zero-order valence-corrected chi connectivity index (χ0v) is 11.6. The average Bonchev–Trinajstić information content (AvgIpc) is 2.48. The number of carboxylic acid groups (broad SMARTS) is 1. The molecule has 0 saturated heterocycles. The number of esters is 1. The second kappa shape index (κ2) is 6.70. The lowest BCUT2D eigenvalue weighted by molar-refractivity contribution is 0.0524. The van der Waals surface area contributed by atoms with Gasteiger partial charge in [-0.15, -0.1) is 0 Å². The average molecular weight is 283 g/mol. The van der Waals surface area contributed by atoms with E-state index in [-0.39, 0.29) is 11.5 Å². The van der Waals surface area contributed by atoms with E-state index in [2.05, 4.69) is 6.07 Å². The van der Waals surface area contributed by atoms with E-state index >= 15 is 0 Å². The minimum absolute atomic E-state index is 0.123. The summed E-state index contributed by atoms with van der Waals surface area (Å²) in [5.41, 5.74) is 2.38. The van der Waals surface area contributed by atoms with Crippen molar-refractivity contribution in [2.45, 2.75) is 13.3 Å². The van der Waals surface area contributed by atoms with Crippen molar-refractivity contribution < 1.29 is 19.4 Å². The second-order valence-electron chi connectivity index (χ2n) is 4.47. The van der Waals surface area contributed by atoms with Gasteiger partial charge in [-0.25, -0.2) is 9.59 Å². The fourth-order valence-electron chi connectivity index (χ4n) is 2.00. The number of ether oxygens (including phenoxy) is 1. The Bertz CT molecular complexity index is 644. The smallest absolute Gasteiger partial charge is 0.338 e. The van der Waals surface area contributed by atoms with Crippen molar-refractivity contribution in [3.8, 4) is 0 Å². The highest BCUT2D eigenvalue weighted by molar-refractivity contribution is 5.91. The van der Waals surface area contributed by atoms with Gasteiger partial charge >= 0.3 is 11.9 Å². The lowest BCUT2D eigenvalue weighted by atomic mass is 9.99. The van der Waals surface area contributed by atoms with Crippen molar-refractivity contribution in [1.29, 1.82) is 0 Å². The minimum Gasteiger partial charge on any atom is -0.478 e. The molecule has 0 aliphatic rings. The Hall–Kier alpha value is -2.62. The van der Waals surface area contributed by atoms with E-state index in [1.807, 2.05) is 12.1 Å². The molecule has 107 valence electrons. The van der Waals surface area contributed by atoms with Crippen molar-refractivity contribution in [3.05, 3.63) is 70.8 Å². The Kier molecular flexibility index (Phi) is 4.72. The monoisotopic (exact) mass is 283 g/mol. The molecular weight excluding hydrogens is 268 g/mol. The van der Waals surface area contributed by atoms with Crippen molar-refractivity contribution in [2.75, 3.05) is 6.61 Å². The van der Waals surface area contributed by atoms with Gasteiger partial charge in [0.15, 0.2) is 0 Å². The van der Waals surface area contributed by atoms with Crippen LogP contribution in [0.1, 0.15) is 38.8 Å². The number of hydrogen-bond acceptors (Lipinski definition) is 3. The maximum atomic E-state index is 11.9. The lowest BCUT2D eigenvalue weighted by Crippen LogP contribution is -2.08. The largest absolute Gasteiger partial charge is 0.478 e. The summed E-state index contributed by atoms with van der Waals surface area (Å²) in [7, 11) is 0. The standard InChI is InChI=1S/C17H15O4/c1-2-21-17(20)15-6-4-3-5-14(15)11-12-7-9-13(10-8-12)16(18)19/h3-9H,2,11H2,1H3,(H,18,19). The van der Waals surface area contributed by atoms with Gasteiger partial charge in [0.25, 0.3) is 0 Å². The maximum absolute atomic E-state index is 11.9. The van der Waals surface area contributed by atoms with Crippen molar-refractivity contribution in [3.63, 3.8) is 0 Å². The molecule has 0 amide bonds. The van der Waals surface area contributed by atoms with Crippen molar-refractivity contribution in [2.24, 2.45) is 0 Å². The van der Waals surface area contributed by atoms with Gasteiger partial charge in [-0.1, -0.05) is 24.3 Å². The number of aromatic carboxylic acids is 1. The summed E-state index contributed by atoms with van der Waals surface area (Å²) in [6.07, 6.45) is 0.519. The van der Waals surface area contributed by atoms with E-state index in [9.17, 15) is 9.59 Å². The highest BCUT2D eigenvalue weighted by atomic mass is 16.5. The van der Waals surface area contributed by atoms with Gasteiger partial charge in [-0.05, 0) is 48.7 Å². The van der Waals surface area contributed by atoms with Crippen LogP contribution in [0.3, 0.4) is 0 Å². The first-order valence-electron chi connectivity index (χ1n) is 6.60. The normalized spacial score (nSPS) is 10.1. The quantitative estimate of drug-likeness (QED) is 0.857. The van der Waals surface area contributed by atoms with Crippen LogP contribution in [0, 0.1) is 6.07 Å². The first-order valence-corrected chi connectivity index (χ1v) is 6.60. The van der Waals surface area contributed by atoms with E-state index in [0.29, 0.717) is 18.6 Å². The Labute approximate surface area is 123 Å². The Morgan fingerprint density at radius 1 is 1.19 bits per heavy atom. The number of benzene rings is 2. The third-order valence-electron chi connectivity index (χ3n) is 3.01. The molecule has 2 rings (SSSR count). The molecule has 0 heterocycles. The maximum Gasteiger partial charge on any atom is 0.338 e. The Morgan fingerprint density at radius 2 is 1.95 bits per heavy atom. The number of hydrogen-bond donors (Lipinski definition) is 1. The molecule has 0 spiro atoms. The van der Waals surface area contributed by atoms with Crippen LogP contribution < -0.4 is 0 Å². The summed E-state index contributed by atoms with van der Waals surface area (Å²) in [5, 5.41) is 8.85. The van der Waals surface area contributed by atoms with Crippen LogP contribution in [-0.2, 0) is 11.2 Å². The van der Waals surface area contributed by atoms with E-state index in [0.717, 1.165) is 11.1 Å². The van der Waals surface area contributed by atoms with E-state index in [1.165, 1.54) is 6.07 Å². The molecule has 0 aliphatic carbocycles. The molecule has 2 aromatic rings. The van der Waals surface area contributed by atoms with Gasteiger partial charge < -0.3 is 9.84 Å². The van der Waals surface area contributed by atoms with Crippen molar-refractivity contribution >= 4 is 11.9 Å². The summed E-state index contributed by atoms with van der Waals surface area (Å²) in [5.74, 6) is -1.35. The molecule has 0 atom stereocenters. The summed E-state index contributed by atoms with van der Waals surface area (Å²) in [4.78, 5) is 22.7. The zero-order valence-electron chi connectivity index (χ0n) is 11.6. The molecular formula is C17H15O4. The van der Waals surface area contributed by atoms with Gasteiger partial charge in [0.2, 0.25) is 0 Å². The predicted octanol–water partition coefficient (Wildman–Crippen LogP) is 2.95. The van der Waals surface area contributed by atoms with Crippen LogP contribution in [0.5, 0.6) is 0 Å². The van der Waals surface area contributed by atoms with E-state index < -0.39 is 5.97 Å². The molecule has 4 nitrogen and oxygen atoms in total. The molecule has 2 aromatic carbocycles. The number of rotatable bonds is 5. The number of carbonyl (C=O) groups is 2. The molecule has 0 aliphatic heterocycles. The fraction of sp³-hybridized carbons (Fsp3) is 0.176.